The molecule has 0 fully saturated rings. The maximum absolute atomic E-state index is 11.7. The van der Waals surface area contributed by atoms with Gasteiger partial charge in [-0.05, 0) is 0 Å². The number of aromatic nitrogens is 3. The van der Waals surface area contributed by atoms with Gasteiger partial charge in [0.1, 0.15) is 5.69 Å². The Bertz CT molecular complexity index is 694. The first-order valence-corrected chi connectivity index (χ1v) is 6.63. The van der Waals surface area contributed by atoms with E-state index in [1.165, 1.54) is 6.20 Å². The Labute approximate surface area is 118 Å². The predicted molar refractivity (Wildman–Crippen MR) is 73.0 cm³/mol. The molecule has 0 aliphatic rings. The zero-order valence-electron chi connectivity index (χ0n) is 10.3. The third kappa shape index (κ3) is 2.72. The number of carbonyl (C=O) groups excluding carboxylic acids is 1. The van der Waals surface area contributed by atoms with E-state index in [9.17, 15) is 4.79 Å². The van der Waals surface area contributed by atoms with Gasteiger partial charge in [-0.25, -0.2) is 0 Å². The fraction of sp³-hybridized carbons (Fsp3) is 0.0769. The van der Waals surface area contributed by atoms with Crippen molar-refractivity contribution in [3.05, 3.63) is 54.0 Å². The van der Waals surface area contributed by atoms with Gasteiger partial charge in [-0.1, -0.05) is 35.5 Å². The van der Waals surface area contributed by atoms with Crippen molar-refractivity contribution < 1.29 is 9.32 Å². The summed E-state index contributed by atoms with van der Waals surface area (Å²) in [5.74, 6) is 0.396. The third-order valence-electron chi connectivity index (χ3n) is 2.64. The van der Waals surface area contributed by atoms with Crippen LogP contribution in [0.15, 0.2) is 47.1 Å². The van der Waals surface area contributed by atoms with Crippen molar-refractivity contribution in [1.29, 1.82) is 0 Å². The van der Waals surface area contributed by atoms with Crippen molar-refractivity contribution in [3.63, 3.8) is 0 Å². The van der Waals surface area contributed by atoms with E-state index in [1.807, 2.05) is 30.3 Å². The predicted octanol–water partition coefficient (Wildman–Crippen LogP) is 2.12. The molecule has 0 aliphatic carbocycles. The normalized spacial score (nSPS) is 10.4. The van der Waals surface area contributed by atoms with E-state index in [1.54, 1.807) is 6.07 Å². The lowest BCUT2D eigenvalue weighted by Gasteiger charge is -1.97. The van der Waals surface area contributed by atoms with E-state index in [0.717, 1.165) is 17.3 Å². The molecule has 1 aromatic carbocycles. The molecule has 2 heterocycles. The van der Waals surface area contributed by atoms with Crippen LogP contribution in [0.4, 0.5) is 0 Å². The minimum Gasteiger partial charge on any atom is -0.356 e. The summed E-state index contributed by atoms with van der Waals surface area (Å²) in [4.78, 5) is 11.7. The summed E-state index contributed by atoms with van der Waals surface area (Å²) in [6.07, 6.45) is 1.43. The van der Waals surface area contributed by atoms with Crippen molar-refractivity contribution in [1.82, 2.24) is 19.2 Å². The van der Waals surface area contributed by atoms with Gasteiger partial charge in [0.15, 0.2) is 11.5 Å². The topological polar surface area (TPSA) is 80.9 Å². The Morgan fingerprint density at radius 2 is 2.15 bits per heavy atom. The zero-order valence-corrected chi connectivity index (χ0v) is 11.1. The molecule has 2 aromatic heterocycles. The minimum atomic E-state index is -0.275. The van der Waals surface area contributed by atoms with Crippen LogP contribution in [0.2, 0.25) is 0 Å². The average Bonchev–Trinajstić information content (AvgIpc) is 3.17. The first kappa shape index (κ1) is 12.5. The molecule has 1 amide bonds. The van der Waals surface area contributed by atoms with Gasteiger partial charge in [0.05, 0.1) is 24.5 Å². The summed E-state index contributed by atoms with van der Waals surface area (Å²) < 4.78 is 12.9. The summed E-state index contributed by atoms with van der Waals surface area (Å²) in [6.45, 7) is 0.284. The molecule has 0 bridgehead atoms. The van der Waals surface area contributed by atoms with Crippen molar-refractivity contribution in [3.8, 4) is 11.3 Å². The zero-order chi connectivity index (χ0) is 13.8. The number of hydrogen-bond acceptors (Lipinski definition) is 6. The summed E-state index contributed by atoms with van der Waals surface area (Å²) in [7, 11) is 0. The molecule has 1 N–H and O–H groups in total. The Morgan fingerprint density at radius 1 is 1.30 bits per heavy atom. The lowest BCUT2D eigenvalue weighted by molar-refractivity contribution is 0.0946. The van der Waals surface area contributed by atoms with Crippen molar-refractivity contribution in [2.24, 2.45) is 0 Å². The number of hydrogen-bond donors (Lipinski definition) is 1. The number of rotatable bonds is 4. The van der Waals surface area contributed by atoms with Crippen molar-refractivity contribution in [2.75, 3.05) is 0 Å². The number of nitrogens with one attached hydrogen (secondary N) is 1. The highest BCUT2D eigenvalue weighted by atomic mass is 32.1. The summed E-state index contributed by atoms with van der Waals surface area (Å²) in [5, 5.41) is 6.63. The molecule has 7 heteroatoms. The standard InChI is InChI=1S/C13H10N4O2S/c18-13(11-8-15-20-17-11)14-7-10-6-12(19-16-10)9-4-2-1-3-5-9/h1-6,8H,7H2,(H,14,18). The molecular weight excluding hydrogens is 276 g/mol. The van der Waals surface area contributed by atoms with Crippen molar-refractivity contribution in [2.45, 2.75) is 6.54 Å². The smallest absolute Gasteiger partial charge is 0.272 e. The van der Waals surface area contributed by atoms with Gasteiger partial charge >= 0.3 is 0 Å². The lowest BCUT2D eigenvalue weighted by atomic mass is 10.2. The molecule has 100 valence electrons. The number of nitrogens with zero attached hydrogens (tertiary/aromatic N) is 3. The molecule has 0 spiro atoms. The van der Waals surface area contributed by atoms with E-state index in [0.29, 0.717) is 17.1 Å². The monoisotopic (exact) mass is 286 g/mol. The summed E-state index contributed by atoms with van der Waals surface area (Å²) in [5.41, 5.74) is 1.91. The van der Waals surface area contributed by atoms with E-state index >= 15 is 0 Å². The van der Waals surface area contributed by atoms with Gasteiger partial charge in [0.25, 0.3) is 5.91 Å². The van der Waals surface area contributed by atoms with Crippen LogP contribution in [0, 0.1) is 0 Å². The summed E-state index contributed by atoms with van der Waals surface area (Å²) >= 11 is 0.996. The molecule has 3 aromatic rings. The highest BCUT2D eigenvalue weighted by Gasteiger charge is 2.10. The molecule has 0 saturated heterocycles. The first-order chi connectivity index (χ1) is 9.83. The van der Waals surface area contributed by atoms with Crippen molar-refractivity contribution >= 4 is 17.6 Å². The van der Waals surface area contributed by atoms with E-state index < -0.39 is 0 Å². The second-order valence-corrected chi connectivity index (χ2v) is 4.58. The Hall–Kier alpha value is -2.54. The molecule has 0 aliphatic heterocycles. The Kier molecular flexibility index (Phi) is 3.51. The van der Waals surface area contributed by atoms with Crippen LogP contribution in [0.25, 0.3) is 11.3 Å². The van der Waals surface area contributed by atoms with Crippen LogP contribution in [0.5, 0.6) is 0 Å². The van der Waals surface area contributed by atoms with Crippen LogP contribution >= 0.6 is 11.7 Å². The second-order valence-electron chi connectivity index (χ2n) is 4.02. The fourth-order valence-electron chi connectivity index (χ4n) is 1.66. The molecule has 20 heavy (non-hydrogen) atoms. The molecule has 3 rings (SSSR count). The van der Waals surface area contributed by atoms with Gasteiger partial charge in [0, 0.05) is 11.6 Å². The van der Waals surface area contributed by atoms with E-state index in [2.05, 4.69) is 19.2 Å². The number of benzene rings is 1. The van der Waals surface area contributed by atoms with Gasteiger partial charge in [-0.2, -0.15) is 8.75 Å². The van der Waals surface area contributed by atoms with Crippen LogP contribution in [0.1, 0.15) is 16.2 Å². The van der Waals surface area contributed by atoms with E-state index in [4.69, 9.17) is 4.52 Å². The molecule has 0 unspecified atom stereocenters. The highest BCUT2D eigenvalue weighted by Crippen LogP contribution is 2.19. The average molecular weight is 286 g/mol. The molecule has 0 radical (unpaired) electrons. The van der Waals surface area contributed by atoms with E-state index in [-0.39, 0.29) is 12.5 Å². The van der Waals surface area contributed by atoms with Gasteiger partial charge < -0.3 is 9.84 Å². The maximum atomic E-state index is 11.7. The van der Waals surface area contributed by atoms with Crippen LogP contribution in [-0.2, 0) is 6.54 Å². The van der Waals surface area contributed by atoms with Crippen LogP contribution in [0.3, 0.4) is 0 Å². The maximum Gasteiger partial charge on any atom is 0.272 e. The van der Waals surface area contributed by atoms with Gasteiger partial charge in [-0.3, -0.25) is 4.79 Å². The second kappa shape index (κ2) is 5.62. The Morgan fingerprint density at radius 3 is 2.90 bits per heavy atom. The molecule has 0 saturated carbocycles. The largest absolute Gasteiger partial charge is 0.356 e. The van der Waals surface area contributed by atoms with Crippen LogP contribution in [-0.4, -0.2) is 19.8 Å². The first-order valence-electron chi connectivity index (χ1n) is 5.90. The summed E-state index contributed by atoms with van der Waals surface area (Å²) in [6, 6.07) is 11.5. The minimum absolute atomic E-state index is 0.275. The van der Waals surface area contributed by atoms with Gasteiger partial charge in [-0.15, -0.1) is 0 Å². The highest BCUT2D eigenvalue weighted by molar-refractivity contribution is 6.99. The molecule has 0 atom stereocenters. The SMILES string of the molecule is O=C(NCc1cc(-c2ccccc2)on1)c1cnsn1. The number of amides is 1. The third-order valence-corrected chi connectivity index (χ3v) is 3.12. The molecular formula is C13H10N4O2S. The van der Waals surface area contributed by atoms with Gasteiger partial charge in [0.2, 0.25) is 0 Å². The fourth-order valence-corrected chi connectivity index (χ4v) is 2.07. The quantitative estimate of drug-likeness (QED) is 0.794. The lowest BCUT2D eigenvalue weighted by Crippen LogP contribution is -2.23. The number of carbonyl (C=O) groups is 1. The van der Waals surface area contributed by atoms with Crippen LogP contribution < -0.4 is 5.32 Å². The Balaban J connectivity index is 1.65. The molecule has 6 nitrogen and oxygen atoms in total.